The Kier molecular flexibility index (Phi) is 0.679. The molecule has 36 valence electrons. The number of rotatable bonds is 0. The Labute approximate surface area is 46.4 Å². The smallest absolute Gasteiger partial charge is 0.0548 e. The van der Waals surface area contributed by atoms with Crippen LogP contribution in [0.1, 0.15) is 12.8 Å². The molecule has 0 N–H and O–H groups in total. The van der Waals surface area contributed by atoms with Crippen molar-refractivity contribution in [2.75, 3.05) is 0 Å². The van der Waals surface area contributed by atoms with Gasteiger partial charge in [-0.2, -0.15) is 0 Å². The number of allylic oxidation sites excluding steroid dienone is 2. The van der Waals surface area contributed by atoms with E-state index >= 15 is 0 Å². The van der Waals surface area contributed by atoms with Crippen LogP contribution in [0.25, 0.3) is 0 Å². The van der Waals surface area contributed by atoms with Crippen molar-refractivity contribution >= 4 is 9.52 Å². The van der Waals surface area contributed by atoms with Crippen LogP contribution in [0.3, 0.4) is 0 Å². The van der Waals surface area contributed by atoms with Gasteiger partial charge in [-0.15, -0.1) is 0 Å². The largest absolute Gasteiger partial charge is 0.0886 e. The Morgan fingerprint density at radius 3 is 1.86 bits per heavy atom. The summed E-state index contributed by atoms with van der Waals surface area (Å²) in [5, 5.41) is 0. The standard InChI is InChI=1S/C6H8Si/c1-2-6-4-3-5(1)7-6/h1-2,5-6H,3-4H2. The zero-order valence-corrected chi connectivity index (χ0v) is 5.22. The van der Waals surface area contributed by atoms with Crippen LogP contribution in [-0.4, -0.2) is 9.52 Å². The summed E-state index contributed by atoms with van der Waals surface area (Å²) in [4.78, 5) is 0. The highest BCUT2D eigenvalue weighted by Gasteiger charge is 2.26. The summed E-state index contributed by atoms with van der Waals surface area (Å²) in [7, 11) is 1.26. The van der Waals surface area contributed by atoms with E-state index in [9.17, 15) is 0 Å². The predicted molar refractivity (Wildman–Crippen MR) is 31.6 cm³/mol. The van der Waals surface area contributed by atoms with Crippen molar-refractivity contribution in [3.05, 3.63) is 12.2 Å². The number of hydrogen-bond acceptors (Lipinski definition) is 0. The van der Waals surface area contributed by atoms with E-state index in [1.54, 1.807) is 0 Å². The molecule has 2 atom stereocenters. The van der Waals surface area contributed by atoms with Crippen molar-refractivity contribution in [2.24, 2.45) is 0 Å². The van der Waals surface area contributed by atoms with Crippen LogP contribution < -0.4 is 0 Å². The maximum atomic E-state index is 2.40. The van der Waals surface area contributed by atoms with E-state index in [1.807, 2.05) is 0 Å². The lowest BCUT2D eigenvalue weighted by Gasteiger charge is -1.97. The first-order chi connectivity index (χ1) is 3.45. The minimum atomic E-state index is 1.02. The minimum absolute atomic E-state index is 1.02. The number of fused-ring (bicyclic) bond motifs is 2. The predicted octanol–water partition coefficient (Wildman–Crippen LogP) is 1.63. The zero-order chi connectivity index (χ0) is 4.69. The molecule has 0 aromatic heterocycles. The van der Waals surface area contributed by atoms with Crippen molar-refractivity contribution in [3.8, 4) is 0 Å². The van der Waals surface area contributed by atoms with Crippen LogP contribution in [0.2, 0.25) is 11.1 Å². The Morgan fingerprint density at radius 1 is 1.14 bits per heavy atom. The van der Waals surface area contributed by atoms with E-state index in [0.29, 0.717) is 0 Å². The van der Waals surface area contributed by atoms with E-state index in [-0.39, 0.29) is 0 Å². The van der Waals surface area contributed by atoms with Crippen LogP contribution in [0, 0.1) is 0 Å². The fraction of sp³-hybridized carbons (Fsp3) is 0.667. The van der Waals surface area contributed by atoms with Gasteiger partial charge in [0.1, 0.15) is 0 Å². The molecule has 0 saturated carbocycles. The fourth-order valence-electron chi connectivity index (χ4n) is 1.37. The minimum Gasteiger partial charge on any atom is -0.0886 e. The molecular weight excluding hydrogens is 100 g/mol. The topological polar surface area (TPSA) is 0 Å². The van der Waals surface area contributed by atoms with E-state index in [2.05, 4.69) is 12.2 Å². The van der Waals surface area contributed by atoms with E-state index in [4.69, 9.17) is 0 Å². The monoisotopic (exact) mass is 108 g/mol. The molecule has 0 nitrogen and oxygen atoms in total. The average molecular weight is 108 g/mol. The molecule has 0 aromatic rings. The molecule has 2 aliphatic heterocycles. The van der Waals surface area contributed by atoms with Gasteiger partial charge in [0.25, 0.3) is 0 Å². The molecule has 0 aliphatic carbocycles. The van der Waals surface area contributed by atoms with Crippen LogP contribution in [-0.2, 0) is 0 Å². The SMILES string of the molecule is C1=CC2CCC1[Si]2. The third-order valence-corrected chi connectivity index (χ3v) is 3.61. The molecule has 0 amide bonds. The van der Waals surface area contributed by atoms with Crippen molar-refractivity contribution in [1.29, 1.82) is 0 Å². The van der Waals surface area contributed by atoms with Gasteiger partial charge in [-0.3, -0.25) is 0 Å². The van der Waals surface area contributed by atoms with Crippen molar-refractivity contribution < 1.29 is 0 Å². The molecule has 2 bridgehead atoms. The maximum Gasteiger partial charge on any atom is 0.0548 e. The van der Waals surface area contributed by atoms with Gasteiger partial charge in [0.15, 0.2) is 0 Å². The summed E-state index contributed by atoms with van der Waals surface area (Å²) >= 11 is 0. The summed E-state index contributed by atoms with van der Waals surface area (Å²) in [6, 6.07) is 0. The Hall–Kier alpha value is -0.0431. The molecule has 2 rings (SSSR count). The van der Waals surface area contributed by atoms with Crippen LogP contribution in [0.4, 0.5) is 0 Å². The first kappa shape index (κ1) is 3.90. The second-order valence-electron chi connectivity index (χ2n) is 2.34. The maximum absolute atomic E-state index is 2.40. The highest BCUT2D eigenvalue weighted by atomic mass is 28.2. The lowest BCUT2D eigenvalue weighted by Crippen LogP contribution is -1.85. The molecule has 7 heavy (non-hydrogen) atoms. The second kappa shape index (κ2) is 1.22. The summed E-state index contributed by atoms with van der Waals surface area (Å²) in [6.07, 6.45) is 7.76. The molecule has 1 fully saturated rings. The van der Waals surface area contributed by atoms with Crippen LogP contribution in [0.15, 0.2) is 12.2 Å². The third kappa shape index (κ3) is 0.479. The molecule has 1 heteroatoms. The highest BCUT2D eigenvalue weighted by molar-refractivity contribution is 6.43. The summed E-state index contributed by atoms with van der Waals surface area (Å²) < 4.78 is 0. The first-order valence-electron chi connectivity index (χ1n) is 2.89. The van der Waals surface area contributed by atoms with Gasteiger partial charge in [-0.1, -0.05) is 12.2 Å². The Morgan fingerprint density at radius 2 is 1.71 bits per heavy atom. The molecule has 0 aromatic carbocycles. The molecule has 2 heterocycles. The van der Waals surface area contributed by atoms with Gasteiger partial charge in [0.2, 0.25) is 0 Å². The van der Waals surface area contributed by atoms with Gasteiger partial charge >= 0.3 is 0 Å². The van der Waals surface area contributed by atoms with Gasteiger partial charge in [0, 0.05) is 0 Å². The van der Waals surface area contributed by atoms with E-state index in [1.165, 1.54) is 22.4 Å². The average Bonchev–Trinajstić information content (AvgIpc) is 2.22. The second-order valence-corrected chi connectivity index (χ2v) is 4.16. The van der Waals surface area contributed by atoms with Crippen molar-refractivity contribution in [3.63, 3.8) is 0 Å². The first-order valence-corrected chi connectivity index (χ1v) is 4.05. The molecule has 2 unspecified atom stereocenters. The molecule has 0 spiro atoms. The number of hydrogen-bond donors (Lipinski definition) is 0. The van der Waals surface area contributed by atoms with Gasteiger partial charge < -0.3 is 0 Å². The molecule has 1 saturated heterocycles. The van der Waals surface area contributed by atoms with E-state index in [0.717, 1.165) is 11.1 Å². The normalized spacial score (nSPS) is 45.7. The molecule has 2 radical (unpaired) electrons. The Balaban J connectivity index is 2.27. The lowest BCUT2D eigenvalue weighted by molar-refractivity contribution is 0.792. The Bertz CT molecular complexity index is 94.7. The van der Waals surface area contributed by atoms with Gasteiger partial charge in [-0.05, 0) is 23.9 Å². The lowest BCUT2D eigenvalue weighted by atomic mass is 10.1. The quantitative estimate of drug-likeness (QED) is 0.327. The van der Waals surface area contributed by atoms with Crippen LogP contribution in [0.5, 0.6) is 0 Å². The summed E-state index contributed by atoms with van der Waals surface area (Å²) in [5.74, 6) is 0. The molecular formula is C6H8Si. The summed E-state index contributed by atoms with van der Waals surface area (Å²) in [6.45, 7) is 0. The van der Waals surface area contributed by atoms with E-state index < -0.39 is 0 Å². The van der Waals surface area contributed by atoms with Gasteiger partial charge in [-0.25, -0.2) is 0 Å². The zero-order valence-electron chi connectivity index (χ0n) is 4.22. The van der Waals surface area contributed by atoms with Crippen molar-refractivity contribution in [1.82, 2.24) is 0 Å². The third-order valence-electron chi connectivity index (χ3n) is 1.79. The fourth-order valence-corrected chi connectivity index (χ4v) is 3.03. The summed E-state index contributed by atoms with van der Waals surface area (Å²) in [5.41, 5.74) is 2.04. The van der Waals surface area contributed by atoms with Crippen molar-refractivity contribution in [2.45, 2.75) is 23.9 Å². The van der Waals surface area contributed by atoms with Gasteiger partial charge in [0.05, 0.1) is 9.52 Å². The highest BCUT2D eigenvalue weighted by Crippen LogP contribution is 2.40. The molecule has 2 aliphatic rings. The van der Waals surface area contributed by atoms with Crippen LogP contribution >= 0.6 is 0 Å².